The third-order valence-electron chi connectivity index (χ3n) is 7.33. The molecule has 5 heteroatoms. The van der Waals surface area contributed by atoms with Crippen LogP contribution < -0.4 is 9.64 Å². The number of fused-ring (bicyclic) bond motifs is 3. The minimum Gasteiger partial charge on any atom is -0.507 e. The molecule has 3 aromatic rings. The van der Waals surface area contributed by atoms with Gasteiger partial charge in [-0.05, 0) is 51.8 Å². The molecule has 3 aromatic carbocycles. The molecule has 1 spiro atoms. The van der Waals surface area contributed by atoms with E-state index >= 15 is 0 Å². The van der Waals surface area contributed by atoms with Crippen molar-refractivity contribution < 1.29 is 14.6 Å². The number of hydrogen-bond acceptors (Lipinski definition) is 3. The first-order chi connectivity index (χ1) is 16.3. The molecule has 2 aliphatic rings. The van der Waals surface area contributed by atoms with Crippen LogP contribution in [0.1, 0.15) is 75.3 Å². The number of carbonyl (C=O) groups is 1. The van der Waals surface area contributed by atoms with Crippen LogP contribution in [-0.2, 0) is 21.2 Å². The van der Waals surface area contributed by atoms with Gasteiger partial charge in [0.1, 0.15) is 11.5 Å². The van der Waals surface area contributed by atoms with E-state index in [1.54, 1.807) is 4.90 Å². The van der Waals surface area contributed by atoms with E-state index in [-0.39, 0.29) is 22.7 Å². The first-order valence-corrected chi connectivity index (χ1v) is 12.8. The Morgan fingerprint density at radius 2 is 1.54 bits per heavy atom. The van der Waals surface area contributed by atoms with E-state index in [1.165, 1.54) is 0 Å². The van der Waals surface area contributed by atoms with Gasteiger partial charge in [-0.1, -0.05) is 87.8 Å². The van der Waals surface area contributed by atoms with Crippen molar-refractivity contribution in [2.24, 2.45) is 0 Å². The van der Waals surface area contributed by atoms with Gasteiger partial charge in [0.2, 0.25) is 5.60 Å². The molecular weight excluding hydrogens is 502 g/mol. The van der Waals surface area contributed by atoms with Gasteiger partial charge in [0.05, 0.1) is 11.6 Å². The minimum atomic E-state index is -1.22. The van der Waals surface area contributed by atoms with E-state index in [9.17, 15) is 9.90 Å². The SMILES string of the molecule is CN1C(=O)[C@]2(Oc3ccccc3[C@H]2c2cc(C(C)(C)C)c(O)c(C(C)(C)C)c2)c2cc(Br)ccc21. The summed E-state index contributed by atoms with van der Waals surface area (Å²) in [6.45, 7) is 12.6. The Balaban J connectivity index is 1.87. The molecule has 0 unspecified atom stereocenters. The predicted molar refractivity (Wildman–Crippen MR) is 144 cm³/mol. The number of amides is 1. The summed E-state index contributed by atoms with van der Waals surface area (Å²) in [6.07, 6.45) is 0. The number of halogens is 1. The minimum absolute atomic E-state index is 0.0884. The molecule has 2 atom stereocenters. The number of hydrogen-bond donors (Lipinski definition) is 1. The number of phenols is 1. The van der Waals surface area contributed by atoms with Gasteiger partial charge in [0.15, 0.2) is 0 Å². The third-order valence-corrected chi connectivity index (χ3v) is 7.82. The second-order valence-corrected chi connectivity index (χ2v) is 12.7. The molecule has 4 nitrogen and oxygen atoms in total. The molecule has 182 valence electrons. The zero-order valence-electron chi connectivity index (χ0n) is 21.4. The number of ether oxygens (including phenoxy) is 1. The second kappa shape index (κ2) is 7.60. The lowest BCUT2D eigenvalue weighted by Gasteiger charge is -2.33. The molecule has 0 saturated heterocycles. The summed E-state index contributed by atoms with van der Waals surface area (Å²) >= 11 is 3.61. The first-order valence-electron chi connectivity index (χ1n) is 12.0. The van der Waals surface area contributed by atoms with Crippen LogP contribution in [0.15, 0.2) is 59.1 Å². The molecule has 0 fully saturated rings. The van der Waals surface area contributed by atoms with Crippen molar-refractivity contribution in [1.29, 1.82) is 0 Å². The van der Waals surface area contributed by atoms with E-state index in [0.717, 1.165) is 43.7 Å². The Hall–Kier alpha value is -2.79. The number of likely N-dealkylation sites (N-methyl/N-ethyl adjacent to an activating group) is 1. The predicted octanol–water partition coefficient (Wildman–Crippen LogP) is 7.15. The molecule has 35 heavy (non-hydrogen) atoms. The number of aromatic hydroxyl groups is 1. The highest BCUT2D eigenvalue weighted by molar-refractivity contribution is 9.10. The van der Waals surface area contributed by atoms with Gasteiger partial charge < -0.3 is 14.7 Å². The molecule has 0 bridgehead atoms. The van der Waals surface area contributed by atoms with Crippen LogP contribution in [0.4, 0.5) is 5.69 Å². The zero-order chi connectivity index (χ0) is 25.5. The van der Waals surface area contributed by atoms with Gasteiger partial charge in [-0.3, -0.25) is 4.79 Å². The molecule has 0 radical (unpaired) electrons. The number of benzene rings is 3. The summed E-state index contributed by atoms with van der Waals surface area (Å²) < 4.78 is 7.59. The Morgan fingerprint density at radius 1 is 0.943 bits per heavy atom. The Bertz CT molecular complexity index is 1330. The Morgan fingerprint density at radius 3 is 2.14 bits per heavy atom. The highest BCUT2D eigenvalue weighted by Gasteiger charge is 2.62. The number of rotatable bonds is 1. The van der Waals surface area contributed by atoms with Gasteiger partial charge in [-0.2, -0.15) is 0 Å². The van der Waals surface area contributed by atoms with Crippen molar-refractivity contribution >= 4 is 27.5 Å². The van der Waals surface area contributed by atoms with Crippen molar-refractivity contribution in [3.63, 3.8) is 0 Å². The highest BCUT2D eigenvalue weighted by Crippen LogP contribution is 2.60. The number of phenolic OH excluding ortho intramolecular Hbond substituents is 1. The molecule has 1 N–H and O–H groups in total. The van der Waals surface area contributed by atoms with Crippen LogP contribution in [0.2, 0.25) is 0 Å². The number of carbonyl (C=O) groups excluding carboxylic acids is 1. The molecule has 0 aliphatic carbocycles. The number of para-hydroxylation sites is 1. The van der Waals surface area contributed by atoms with Gasteiger partial charge in [-0.15, -0.1) is 0 Å². The van der Waals surface area contributed by atoms with Gasteiger partial charge in [-0.25, -0.2) is 0 Å². The van der Waals surface area contributed by atoms with Crippen molar-refractivity contribution in [3.05, 3.63) is 86.9 Å². The maximum absolute atomic E-state index is 14.1. The fourth-order valence-corrected chi connectivity index (χ4v) is 5.96. The molecule has 2 heterocycles. The monoisotopic (exact) mass is 533 g/mol. The fourth-order valence-electron chi connectivity index (χ4n) is 5.59. The Labute approximate surface area is 216 Å². The quantitative estimate of drug-likeness (QED) is 0.361. The van der Waals surface area contributed by atoms with Crippen LogP contribution in [0.25, 0.3) is 0 Å². The summed E-state index contributed by atoms with van der Waals surface area (Å²) in [7, 11) is 1.81. The third kappa shape index (κ3) is 3.42. The van der Waals surface area contributed by atoms with Crippen LogP contribution in [0, 0.1) is 0 Å². The van der Waals surface area contributed by atoms with Crippen LogP contribution >= 0.6 is 15.9 Å². The summed E-state index contributed by atoms with van der Waals surface area (Å²) in [5, 5.41) is 11.4. The van der Waals surface area contributed by atoms with Gasteiger partial charge in [0.25, 0.3) is 5.91 Å². The lowest BCUT2D eigenvalue weighted by Crippen LogP contribution is -2.45. The molecule has 0 saturated carbocycles. The van der Waals surface area contributed by atoms with E-state index < -0.39 is 5.60 Å². The standard InChI is InChI=1S/C30H32BrNO3/c1-28(2,3)21-14-17(15-22(26(21)33)29(4,5)6)25-19-10-8-9-11-24(19)35-30(25)20-16-18(31)12-13-23(20)32(7)27(30)34/h8-16,25,33H,1-7H3/t25-,30+/m1/s1. The molecule has 1 amide bonds. The van der Waals surface area contributed by atoms with E-state index in [4.69, 9.17) is 4.74 Å². The maximum Gasteiger partial charge on any atom is 0.276 e. The molecule has 5 rings (SSSR count). The van der Waals surface area contributed by atoms with E-state index in [1.807, 2.05) is 43.4 Å². The first kappa shape index (κ1) is 23.9. The van der Waals surface area contributed by atoms with Crippen LogP contribution in [-0.4, -0.2) is 18.1 Å². The Kier molecular flexibility index (Phi) is 5.20. The highest BCUT2D eigenvalue weighted by atomic mass is 79.9. The average molecular weight is 534 g/mol. The largest absolute Gasteiger partial charge is 0.507 e. The van der Waals surface area contributed by atoms with Crippen molar-refractivity contribution in [2.45, 2.75) is 63.9 Å². The lowest BCUT2D eigenvalue weighted by molar-refractivity contribution is -0.132. The van der Waals surface area contributed by atoms with Crippen molar-refractivity contribution in [1.82, 2.24) is 0 Å². The fraction of sp³-hybridized carbons (Fsp3) is 0.367. The molecule has 2 aliphatic heterocycles. The topological polar surface area (TPSA) is 49.8 Å². The molecular formula is C30H32BrNO3. The van der Waals surface area contributed by atoms with Crippen LogP contribution in [0.5, 0.6) is 11.5 Å². The lowest BCUT2D eigenvalue weighted by atomic mass is 9.71. The summed E-state index contributed by atoms with van der Waals surface area (Å²) in [4.78, 5) is 15.8. The second-order valence-electron chi connectivity index (χ2n) is 11.8. The number of anilines is 1. The van der Waals surface area contributed by atoms with Crippen molar-refractivity contribution in [2.75, 3.05) is 11.9 Å². The van der Waals surface area contributed by atoms with Crippen molar-refractivity contribution in [3.8, 4) is 11.5 Å². The van der Waals surface area contributed by atoms with Gasteiger partial charge in [0, 0.05) is 22.6 Å². The average Bonchev–Trinajstić information content (AvgIpc) is 3.21. The summed E-state index contributed by atoms with van der Waals surface area (Å²) in [5.41, 5.74) is 3.59. The summed E-state index contributed by atoms with van der Waals surface area (Å²) in [6, 6.07) is 18.0. The van der Waals surface area contributed by atoms with E-state index in [0.29, 0.717) is 5.75 Å². The molecule has 0 aromatic heterocycles. The zero-order valence-corrected chi connectivity index (χ0v) is 22.9. The number of nitrogens with zero attached hydrogens (tertiary/aromatic N) is 1. The smallest absolute Gasteiger partial charge is 0.276 e. The summed E-state index contributed by atoms with van der Waals surface area (Å²) in [5.74, 6) is 0.587. The van der Waals surface area contributed by atoms with Gasteiger partial charge >= 0.3 is 0 Å². The van der Waals surface area contributed by atoms with E-state index in [2.05, 4.69) is 75.7 Å². The maximum atomic E-state index is 14.1. The van der Waals surface area contributed by atoms with Crippen LogP contribution in [0.3, 0.4) is 0 Å². The normalized spacial score (nSPS) is 21.3.